The second-order valence-corrected chi connectivity index (χ2v) is 6.36. The SMILES string of the molecule is CCOc1ccccc1NC(=O)C(NNC(=O)c1cccn1C)c1ccccc1. The average molecular weight is 392 g/mol. The lowest BCUT2D eigenvalue weighted by molar-refractivity contribution is -0.118. The van der Waals surface area contributed by atoms with E-state index in [1.165, 1.54) is 0 Å². The molecule has 3 N–H and O–H groups in total. The second-order valence-electron chi connectivity index (χ2n) is 6.36. The highest BCUT2D eigenvalue weighted by Crippen LogP contribution is 2.25. The molecule has 150 valence electrons. The molecule has 2 amide bonds. The van der Waals surface area contributed by atoms with E-state index in [1.807, 2.05) is 49.4 Å². The van der Waals surface area contributed by atoms with Crippen molar-refractivity contribution >= 4 is 17.5 Å². The molecule has 2 aromatic carbocycles. The number of ether oxygens (including phenoxy) is 1. The van der Waals surface area contributed by atoms with Gasteiger partial charge in [-0.3, -0.25) is 15.0 Å². The summed E-state index contributed by atoms with van der Waals surface area (Å²) in [4.78, 5) is 25.5. The van der Waals surface area contributed by atoms with Crippen LogP contribution in [-0.2, 0) is 11.8 Å². The fourth-order valence-corrected chi connectivity index (χ4v) is 2.90. The van der Waals surface area contributed by atoms with Crippen LogP contribution in [0.3, 0.4) is 0 Å². The van der Waals surface area contributed by atoms with Crippen molar-refractivity contribution in [1.82, 2.24) is 15.4 Å². The first-order chi connectivity index (χ1) is 14.1. The summed E-state index contributed by atoms with van der Waals surface area (Å²) in [6, 6.07) is 19.1. The monoisotopic (exact) mass is 392 g/mol. The Balaban J connectivity index is 1.78. The molecule has 0 aliphatic carbocycles. The zero-order valence-corrected chi connectivity index (χ0v) is 16.4. The Morgan fingerprint density at radius 2 is 1.72 bits per heavy atom. The number of para-hydroxylation sites is 2. The van der Waals surface area contributed by atoms with Crippen LogP contribution in [0.5, 0.6) is 5.75 Å². The first-order valence-corrected chi connectivity index (χ1v) is 9.35. The molecule has 0 aliphatic rings. The molecule has 0 saturated carbocycles. The molecule has 0 fully saturated rings. The largest absolute Gasteiger partial charge is 0.492 e. The van der Waals surface area contributed by atoms with Gasteiger partial charge in [0.05, 0.1) is 12.3 Å². The van der Waals surface area contributed by atoms with Crippen LogP contribution in [0.1, 0.15) is 29.0 Å². The summed E-state index contributed by atoms with van der Waals surface area (Å²) in [6.45, 7) is 2.37. The van der Waals surface area contributed by atoms with Gasteiger partial charge in [-0.2, -0.15) is 0 Å². The summed E-state index contributed by atoms with van der Waals surface area (Å²) < 4.78 is 7.28. The van der Waals surface area contributed by atoms with Crippen LogP contribution in [0.25, 0.3) is 0 Å². The predicted octanol–water partition coefficient (Wildman–Crippen LogP) is 3.04. The molecule has 0 radical (unpaired) electrons. The van der Waals surface area contributed by atoms with Crippen molar-refractivity contribution in [2.45, 2.75) is 13.0 Å². The van der Waals surface area contributed by atoms with Crippen molar-refractivity contribution in [2.75, 3.05) is 11.9 Å². The van der Waals surface area contributed by atoms with Gasteiger partial charge in [0.15, 0.2) is 0 Å². The standard InChI is InChI=1S/C22H24N4O3/c1-3-29-19-14-8-7-12-17(19)23-22(28)20(16-10-5-4-6-11-16)24-25-21(27)18-13-9-15-26(18)2/h4-15,20,24H,3H2,1-2H3,(H,23,28)(H,25,27). The number of hydrazine groups is 1. The Kier molecular flexibility index (Phi) is 6.65. The zero-order valence-electron chi connectivity index (χ0n) is 16.4. The molecule has 0 spiro atoms. The molecule has 7 heteroatoms. The third-order valence-corrected chi connectivity index (χ3v) is 4.35. The number of nitrogens with one attached hydrogen (secondary N) is 3. The quantitative estimate of drug-likeness (QED) is 0.515. The Hall–Kier alpha value is -3.58. The number of hydrogen-bond acceptors (Lipinski definition) is 4. The molecule has 1 unspecified atom stereocenters. The molecule has 29 heavy (non-hydrogen) atoms. The predicted molar refractivity (Wildman–Crippen MR) is 111 cm³/mol. The topological polar surface area (TPSA) is 84.4 Å². The Morgan fingerprint density at radius 1 is 1.00 bits per heavy atom. The van der Waals surface area contributed by atoms with Crippen molar-refractivity contribution in [3.05, 3.63) is 84.2 Å². The van der Waals surface area contributed by atoms with Crippen molar-refractivity contribution in [1.29, 1.82) is 0 Å². The van der Waals surface area contributed by atoms with Gasteiger partial charge >= 0.3 is 0 Å². The van der Waals surface area contributed by atoms with E-state index in [0.717, 1.165) is 0 Å². The minimum Gasteiger partial charge on any atom is -0.492 e. The smallest absolute Gasteiger partial charge is 0.282 e. The number of aryl methyl sites for hydroxylation is 1. The first kappa shape index (κ1) is 20.2. The van der Waals surface area contributed by atoms with E-state index in [4.69, 9.17) is 4.74 Å². The third-order valence-electron chi connectivity index (χ3n) is 4.35. The number of amides is 2. The van der Waals surface area contributed by atoms with Crippen LogP contribution in [0.15, 0.2) is 72.9 Å². The van der Waals surface area contributed by atoms with Gasteiger partial charge in [0.2, 0.25) is 5.91 Å². The van der Waals surface area contributed by atoms with Crippen LogP contribution < -0.4 is 20.9 Å². The van der Waals surface area contributed by atoms with E-state index in [0.29, 0.717) is 29.3 Å². The van der Waals surface area contributed by atoms with Gasteiger partial charge in [0.25, 0.3) is 5.91 Å². The van der Waals surface area contributed by atoms with Crippen molar-refractivity contribution in [2.24, 2.45) is 7.05 Å². The van der Waals surface area contributed by atoms with Gasteiger partial charge in [0.1, 0.15) is 17.5 Å². The summed E-state index contributed by atoms with van der Waals surface area (Å²) in [7, 11) is 1.78. The summed E-state index contributed by atoms with van der Waals surface area (Å²) in [5.41, 5.74) is 7.24. The molecule has 3 rings (SSSR count). The number of carbonyl (C=O) groups is 2. The van der Waals surface area contributed by atoms with Crippen molar-refractivity contribution in [3.8, 4) is 5.75 Å². The number of anilines is 1. The molecule has 3 aromatic rings. The molecular weight excluding hydrogens is 368 g/mol. The van der Waals surface area contributed by atoms with Gasteiger partial charge in [-0.25, -0.2) is 5.43 Å². The van der Waals surface area contributed by atoms with Crippen LogP contribution in [-0.4, -0.2) is 23.0 Å². The fraction of sp³-hybridized carbons (Fsp3) is 0.182. The summed E-state index contributed by atoms with van der Waals surface area (Å²) >= 11 is 0. The van der Waals surface area contributed by atoms with Crippen LogP contribution >= 0.6 is 0 Å². The van der Waals surface area contributed by atoms with E-state index < -0.39 is 6.04 Å². The number of nitrogens with zero attached hydrogens (tertiary/aromatic N) is 1. The lowest BCUT2D eigenvalue weighted by Gasteiger charge is -2.20. The Labute approximate surface area is 169 Å². The van der Waals surface area contributed by atoms with Gasteiger partial charge in [-0.05, 0) is 36.8 Å². The fourth-order valence-electron chi connectivity index (χ4n) is 2.90. The van der Waals surface area contributed by atoms with E-state index in [-0.39, 0.29) is 11.8 Å². The number of hydrogen-bond donors (Lipinski definition) is 3. The van der Waals surface area contributed by atoms with Crippen LogP contribution in [0, 0.1) is 0 Å². The minimum absolute atomic E-state index is 0.324. The number of carbonyl (C=O) groups excluding carboxylic acids is 2. The van der Waals surface area contributed by atoms with Gasteiger partial charge in [0, 0.05) is 13.2 Å². The Morgan fingerprint density at radius 3 is 2.41 bits per heavy atom. The molecule has 0 aliphatic heterocycles. The van der Waals surface area contributed by atoms with Crippen molar-refractivity contribution in [3.63, 3.8) is 0 Å². The lowest BCUT2D eigenvalue weighted by atomic mass is 10.1. The van der Waals surface area contributed by atoms with Gasteiger partial charge < -0.3 is 14.6 Å². The molecule has 1 aromatic heterocycles. The minimum atomic E-state index is -0.796. The van der Waals surface area contributed by atoms with E-state index in [9.17, 15) is 9.59 Å². The Bertz CT molecular complexity index is 969. The third kappa shape index (κ3) is 5.03. The van der Waals surface area contributed by atoms with Crippen molar-refractivity contribution < 1.29 is 14.3 Å². The first-order valence-electron chi connectivity index (χ1n) is 9.35. The molecule has 7 nitrogen and oxygen atoms in total. The van der Waals surface area contributed by atoms with E-state index in [1.54, 1.807) is 42.1 Å². The van der Waals surface area contributed by atoms with Crippen LogP contribution in [0.2, 0.25) is 0 Å². The molecule has 1 heterocycles. The molecule has 1 atom stereocenters. The number of aromatic nitrogens is 1. The highest BCUT2D eigenvalue weighted by atomic mass is 16.5. The number of rotatable bonds is 8. The lowest BCUT2D eigenvalue weighted by Crippen LogP contribution is -2.45. The van der Waals surface area contributed by atoms with Crippen LogP contribution in [0.4, 0.5) is 5.69 Å². The molecule has 0 saturated heterocycles. The molecular formula is C22H24N4O3. The zero-order chi connectivity index (χ0) is 20.6. The second kappa shape index (κ2) is 9.57. The average Bonchev–Trinajstić information content (AvgIpc) is 3.16. The maximum absolute atomic E-state index is 13.0. The molecule has 0 bridgehead atoms. The summed E-state index contributed by atoms with van der Waals surface area (Å²) in [5.74, 6) is -0.0699. The highest BCUT2D eigenvalue weighted by Gasteiger charge is 2.22. The van der Waals surface area contributed by atoms with E-state index in [2.05, 4.69) is 16.2 Å². The number of benzene rings is 2. The maximum Gasteiger partial charge on any atom is 0.282 e. The summed E-state index contributed by atoms with van der Waals surface area (Å²) in [5, 5.41) is 2.88. The van der Waals surface area contributed by atoms with Gasteiger partial charge in [-0.15, -0.1) is 0 Å². The highest BCUT2D eigenvalue weighted by molar-refractivity contribution is 5.97. The van der Waals surface area contributed by atoms with Gasteiger partial charge in [-0.1, -0.05) is 42.5 Å². The summed E-state index contributed by atoms with van der Waals surface area (Å²) in [6.07, 6.45) is 1.78. The maximum atomic E-state index is 13.0. The van der Waals surface area contributed by atoms with E-state index >= 15 is 0 Å². The normalized spacial score (nSPS) is 11.5.